The average molecular weight is 318 g/mol. The molecule has 0 aliphatic rings. The summed E-state index contributed by atoms with van der Waals surface area (Å²) in [6.07, 6.45) is 0. The van der Waals surface area contributed by atoms with Gasteiger partial charge in [-0.2, -0.15) is 0 Å². The number of ether oxygens (including phenoxy) is 1. The van der Waals surface area contributed by atoms with Crippen molar-refractivity contribution in [1.82, 2.24) is 0 Å². The van der Waals surface area contributed by atoms with Crippen LogP contribution >= 0.6 is 0 Å². The zero-order valence-corrected chi connectivity index (χ0v) is 14.1. The summed E-state index contributed by atoms with van der Waals surface area (Å²) in [6, 6.07) is 22.4. The predicted molar refractivity (Wildman–Crippen MR) is 98.0 cm³/mol. The van der Waals surface area contributed by atoms with Gasteiger partial charge in [-0.3, -0.25) is 0 Å². The fraction of sp³-hybridized carbons (Fsp3) is 0.182. The summed E-state index contributed by atoms with van der Waals surface area (Å²) in [6.45, 7) is 4.87. The van der Waals surface area contributed by atoms with Gasteiger partial charge in [-0.25, -0.2) is 0 Å². The third-order valence-corrected chi connectivity index (χ3v) is 4.42. The Morgan fingerprint density at radius 1 is 0.750 bits per heavy atom. The Bertz CT molecular complexity index is 805. The minimum Gasteiger partial charge on any atom is -0.489 e. The number of hydrogen-bond donors (Lipinski definition) is 1. The van der Waals surface area contributed by atoms with E-state index in [1.807, 2.05) is 36.4 Å². The van der Waals surface area contributed by atoms with E-state index in [1.165, 1.54) is 16.7 Å². The van der Waals surface area contributed by atoms with Gasteiger partial charge >= 0.3 is 0 Å². The van der Waals surface area contributed by atoms with E-state index in [1.54, 1.807) is 0 Å². The van der Waals surface area contributed by atoms with E-state index in [2.05, 4.69) is 44.2 Å². The molecule has 0 unspecified atom stereocenters. The standard InChI is InChI=1S/C22H22O2/c1-16-17(2)22(24-15-19-6-4-3-5-7-19)13-12-21(16)20-10-8-18(14-23)9-11-20/h3-13,23H,14-15H2,1-2H3. The Balaban J connectivity index is 1.82. The van der Waals surface area contributed by atoms with Crippen LogP contribution in [-0.2, 0) is 13.2 Å². The lowest BCUT2D eigenvalue weighted by molar-refractivity contribution is 0.282. The second kappa shape index (κ2) is 7.33. The van der Waals surface area contributed by atoms with E-state index in [0.29, 0.717) is 6.61 Å². The van der Waals surface area contributed by atoms with Crippen LogP contribution in [0.3, 0.4) is 0 Å². The van der Waals surface area contributed by atoms with E-state index < -0.39 is 0 Å². The quantitative estimate of drug-likeness (QED) is 0.714. The van der Waals surface area contributed by atoms with Crippen LogP contribution in [0.15, 0.2) is 66.7 Å². The summed E-state index contributed by atoms with van der Waals surface area (Å²) in [5.41, 5.74) is 6.83. The van der Waals surface area contributed by atoms with Crippen LogP contribution in [0, 0.1) is 13.8 Å². The zero-order chi connectivity index (χ0) is 16.9. The maximum Gasteiger partial charge on any atom is 0.123 e. The van der Waals surface area contributed by atoms with Crippen molar-refractivity contribution in [3.8, 4) is 16.9 Å². The van der Waals surface area contributed by atoms with Gasteiger partial charge in [0.05, 0.1) is 6.61 Å². The van der Waals surface area contributed by atoms with Crippen molar-refractivity contribution in [3.05, 3.63) is 89.0 Å². The highest BCUT2D eigenvalue weighted by atomic mass is 16.5. The molecule has 0 aliphatic heterocycles. The molecule has 0 fully saturated rings. The zero-order valence-electron chi connectivity index (χ0n) is 14.1. The maximum absolute atomic E-state index is 9.17. The average Bonchev–Trinajstić information content (AvgIpc) is 2.64. The number of hydrogen-bond acceptors (Lipinski definition) is 2. The number of benzene rings is 3. The van der Waals surface area contributed by atoms with E-state index >= 15 is 0 Å². The van der Waals surface area contributed by atoms with Gasteiger partial charge in [-0.05, 0) is 53.3 Å². The molecule has 122 valence electrons. The maximum atomic E-state index is 9.17. The molecular weight excluding hydrogens is 296 g/mol. The van der Waals surface area contributed by atoms with Gasteiger partial charge in [-0.1, -0.05) is 60.7 Å². The molecule has 2 nitrogen and oxygen atoms in total. The third kappa shape index (κ3) is 3.50. The van der Waals surface area contributed by atoms with Crippen LogP contribution in [0.5, 0.6) is 5.75 Å². The van der Waals surface area contributed by atoms with Crippen molar-refractivity contribution in [3.63, 3.8) is 0 Å². The number of aliphatic hydroxyl groups excluding tert-OH is 1. The van der Waals surface area contributed by atoms with Gasteiger partial charge in [0.1, 0.15) is 12.4 Å². The summed E-state index contributed by atoms with van der Waals surface area (Å²) >= 11 is 0. The Morgan fingerprint density at radius 2 is 1.46 bits per heavy atom. The van der Waals surface area contributed by atoms with E-state index in [0.717, 1.165) is 22.4 Å². The molecule has 0 saturated heterocycles. The van der Waals surface area contributed by atoms with Crippen molar-refractivity contribution in [2.75, 3.05) is 0 Å². The van der Waals surface area contributed by atoms with Gasteiger partial charge in [0.15, 0.2) is 0 Å². The SMILES string of the molecule is Cc1c(OCc2ccccc2)ccc(-c2ccc(CO)cc2)c1C. The van der Waals surface area contributed by atoms with E-state index in [9.17, 15) is 5.11 Å². The van der Waals surface area contributed by atoms with Crippen LogP contribution in [0.2, 0.25) is 0 Å². The van der Waals surface area contributed by atoms with Gasteiger partial charge in [0.2, 0.25) is 0 Å². The summed E-state index contributed by atoms with van der Waals surface area (Å²) in [4.78, 5) is 0. The molecule has 0 bridgehead atoms. The number of rotatable bonds is 5. The summed E-state index contributed by atoms with van der Waals surface area (Å²) in [7, 11) is 0. The second-order valence-electron chi connectivity index (χ2n) is 5.99. The van der Waals surface area contributed by atoms with E-state index in [-0.39, 0.29) is 6.61 Å². The van der Waals surface area contributed by atoms with Gasteiger partial charge in [-0.15, -0.1) is 0 Å². The van der Waals surface area contributed by atoms with Gasteiger partial charge < -0.3 is 9.84 Å². The molecule has 3 aromatic rings. The highest BCUT2D eigenvalue weighted by Crippen LogP contribution is 2.31. The molecule has 0 radical (unpaired) electrons. The molecular formula is C22H22O2. The molecule has 0 atom stereocenters. The summed E-state index contributed by atoms with van der Waals surface area (Å²) in [5, 5.41) is 9.17. The smallest absolute Gasteiger partial charge is 0.123 e. The third-order valence-electron chi connectivity index (χ3n) is 4.42. The Morgan fingerprint density at radius 3 is 2.12 bits per heavy atom. The first-order valence-corrected chi connectivity index (χ1v) is 8.16. The molecule has 0 spiro atoms. The first-order chi connectivity index (χ1) is 11.7. The fourth-order valence-corrected chi connectivity index (χ4v) is 2.79. The minimum atomic E-state index is 0.0740. The lowest BCUT2D eigenvalue weighted by Gasteiger charge is -2.15. The van der Waals surface area contributed by atoms with Crippen molar-refractivity contribution < 1.29 is 9.84 Å². The highest BCUT2D eigenvalue weighted by molar-refractivity contribution is 5.70. The molecule has 0 amide bonds. The summed E-state index contributed by atoms with van der Waals surface area (Å²) in [5.74, 6) is 0.923. The van der Waals surface area contributed by atoms with Crippen LogP contribution in [-0.4, -0.2) is 5.11 Å². The van der Waals surface area contributed by atoms with E-state index in [4.69, 9.17) is 4.74 Å². The van der Waals surface area contributed by atoms with Crippen LogP contribution < -0.4 is 4.74 Å². The Labute approximate surface area is 143 Å². The predicted octanol–water partition coefficient (Wildman–Crippen LogP) is 5.04. The van der Waals surface area contributed by atoms with Crippen LogP contribution in [0.4, 0.5) is 0 Å². The molecule has 2 heteroatoms. The molecule has 0 aliphatic carbocycles. The van der Waals surface area contributed by atoms with Gasteiger partial charge in [0, 0.05) is 0 Å². The van der Waals surface area contributed by atoms with Crippen LogP contribution in [0.25, 0.3) is 11.1 Å². The second-order valence-corrected chi connectivity index (χ2v) is 5.99. The largest absolute Gasteiger partial charge is 0.489 e. The lowest BCUT2D eigenvalue weighted by Crippen LogP contribution is -1.99. The fourth-order valence-electron chi connectivity index (χ4n) is 2.79. The molecule has 0 aromatic heterocycles. The normalized spacial score (nSPS) is 10.6. The first-order valence-electron chi connectivity index (χ1n) is 8.16. The Hall–Kier alpha value is -2.58. The van der Waals surface area contributed by atoms with Crippen molar-refractivity contribution in [2.24, 2.45) is 0 Å². The summed E-state index contributed by atoms with van der Waals surface area (Å²) < 4.78 is 6.00. The van der Waals surface area contributed by atoms with Crippen molar-refractivity contribution >= 4 is 0 Å². The highest BCUT2D eigenvalue weighted by Gasteiger charge is 2.09. The molecule has 1 N–H and O–H groups in total. The monoisotopic (exact) mass is 318 g/mol. The van der Waals surface area contributed by atoms with Crippen LogP contribution in [0.1, 0.15) is 22.3 Å². The topological polar surface area (TPSA) is 29.5 Å². The molecule has 24 heavy (non-hydrogen) atoms. The molecule has 3 aromatic carbocycles. The van der Waals surface area contributed by atoms with Gasteiger partial charge in [0.25, 0.3) is 0 Å². The molecule has 0 saturated carbocycles. The lowest BCUT2D eigenvalue weighted by atomic mass is 9.96. The molecule has 0 heterocycles. The first kappa shape index (κ1) is 16.3. The number of aliphatic hydroxyl groups is 1. The van der Waals surface area contributed by atoms with Crippen molar-refractivity contribution in [1.29, 1.82) is 0 Å². The molecule has 3 rings (SSSR count). The Kier molecular flexibility index (Phi) is 4.97. The van der Waals surface area contributed by atoms with Crippen molar-refractivity contribution in [2.45, 2.75) is 27.1 Å². The minimum absolute atomic E-state index is 0.0740.